The van der Waals surface area contributed by atoms with Gasteiger partial charge in [-0.15, -0.1) is 0 Å². The second kappa shape index (κ2) is 4.55. The molecule has 1 atom stereocenters. The summed E-state index contributed by atoms with van der Waals surface area (Å²) in [6.07, 6.45) is 1.45. The van der Waals surface area contributed by atoms with Crippen molar-refractivity contribution in [2.24, 2.45) is 0 Å². The van der Waals surface area contributed by atoms with Crippen LogP contribution < -0.4 is 10.5 Å². The van der Waals surface area contributed by atoms with E-state index in [1.807, 2.05) is 0 Å². The van der Waals surface area contributed by atoms with Crippen molar-refractivity contribution in [3.8, 4) is 0 Å². The molecule has 1 fully saturated rings. The topological polar surface area (TPSA) is 52.2 Å². The number of hydrogen-bond acceptors (Lipinski definition) is 4. The first-order chi connectivity index (χ1) is 7.59. The first kappa shape index (κ1) is 11.6. The van der Waals surface area contributed by atoms with Crippen LogP contribution >= 0.6 is 15.9 Å². The molecule has 1 N–H and O–H groups in total. The molecule has 1 aliphatic heterocycles. The summed E-state index contributed by atoms with van der Waals surface area (Å²) in [6, 6.07) is 0.474. The monoisotopic (exact) mass is 286 g/mol. The molecule has 1 unspecified atom stereocenters. The van der Waals surface area contributed by atoms with Gasteiger partial charge in [-0.2, -0.15) is 0 Å². The number of rotatable bonds is 1. The number of aromatic nitrogens is 2. The smallest absolute Gasteiger partial charge is 0.267 e. The molecule has 1 aromatic rings. The first-order valence-electron chi connectivity index (χ1n) is 5.28. The second-order valence-electron chi connectivity index (χ2n) is 4.14. The van der Waals surface area contributed by atoms with E-state index < -0.39 is 0 Å². The van der Waals surface area contributed by atoms with Crippen molar-refractivity contribution in [2.75, 3.05) is 31.6 Å². The highest BCUT2D eigenvalue weighted by atomic mass is 79.9. The lowest BCUT2D eigenvalue weighted by molar-refractivity contribution is 0.233. The highest BCUT2D eigenvalue weighted by Crippen LogP contribution is 2.21. The minimum atomic E-state index is -0.128. The molecule has 88 valence electrons. The van der Waals surface area contributed by atoms with Gasteiger partial charge in [0, 0.05) is 25.7 Å². The van der Waals surface area contributed by atoms with Gasteiger partial charge in [0.25, 0.3) is 5.56 Å². The fourth-order valence-electron chi connectivity index (χ4n) is 1.83. The molecule has 2 rings (SSSR count). The van der Waals surface area contributed by atoms with Gasteiger partial charge in [0.2, 0.25) is 0 Å². The van der Waals surface area contributed by atoms with E-state index in [1.165, 1.54) is 6.33 Å². The predicted molar refractivity (Wildman–Crippen MR) is 66.9 cm³/mol. The van der Waals surface area contributed by atoms with Crippen LogP contribution in [0.3, 0.4) is 0 Å². The van der Waals surface area contributed by atoms with Crippen LogP contribution in [0, 0.1) is 0 Å². The lowest BCUT2D eigenvalue weighted by Crippen LogP contribution is -2.50. The maximum atomic E-state index is 11.4. The number of aromatic amines is 1. The first-order valence-corrected chi connectivity index (χ1v) is 6.07. The van der Waals surface area contributed by atoms with Crippen molar-refractivity contribution in [2.45, 2.75) is 13.0 Å². The standard InChI is InChI=1S/C10H15BrN4O/c1-7-5-15(4-3-14(7)2)9-8(11)10(16)13-6-12-9/h6-7H,3-5H2,1-2H3,(H,12,13,16). The average Bonchev–Trinajstić information content (AvgIpc) is 2.26. The van der Waals surface area contributed by atoms with E-state index in [0.717, 1.165) is 25.5 Å². The molecular formula is C10H15BrN4O. The number of hydrogen-bond donors (Lipinski definition) is 1. The Morgan fingerprint density at radius 2 is 2.31 bits per heavy atom. The lowest BCUT2D eigenvalue weighted by atomic mass is 10.2. The van der Waals surface area contributed by atoms with Crippen LogP contribution in [-0.4, -0.2) is 47.6 Å². The van der Waals surface area contributed by atoms with Crippen LogP contribution in [0.15, 0.2) is 15.6 Å². The third-order valence-corrected chi connectivity index (χ3v) is 3.75. The molecule has 0 aromatic carbocycles. The summed E-state index contributed by atoms with van der Waals surface area (Å²) in [5.41, 5.74) is -0.128. The fraction of sp³-hybridized carbons (Fsp3) is 0.600. The quantitative estimate of drug-likeness (QED) is 0.825. The summed E-state index contributed by atoms with van der Waals surface area (Å²) in [4.78, 5) is 22.7. The summed E-state index contributed by atoms with van der Waals surface area (Å²) >= 11 is 3.29. The van der Waals surface area contributed by atoms with Gasteiger partial charge in [0.05, 0.1) is 6.33 Å². The van der Waals surface area contributed by atoms with Crippen LogP contribution in [0.2, 0.25) is 0 Å². The van der Waals surface area contributed by atoms with Crippen LogP contribution in [0.1, 0.15) is 6.92 Å². The maximum absolute atomic E-state index is 11.4. The van der Waals surface area contributed by atoms with E-state index >= 15 is 0 Å². The maximum Gasteiger partial charge on any atom is 0.267 e. The molecule has 0 saturated carbocycles. The van der Waals surface area contributed by atoms with Gasteiger partial charge in [0.15, 0.2) is 0 Å². The number of nitrogens with zero attached hydrogens (tertiary/aromatic N) is 3. The second-order valence-corrected chi connectivity index (χ2v) is 4.94. The Balaban J connectivity index is 2.25. The highest BCUT2D eigenvalue weighted by Gasteiger charge is 2.23. The molecule has 1 aliphatic rings. The number of nitrogens with one attached hydrogen (secondary N) is 1. The zero-order valence-corrected chi connectivity index (χ0v) is 11.0. The van der Waals surface area contributed by atoms with Gasteiger partial charge in [-0.1, -0.05) is 0 Å². The number of H-pyrrole nitrogens is 1. The molecule has 0 bridgehead atoms. The summed E-state index contributed by atoms with van der Waals surface area (Å²) in [6.45, 7) is 4.96. The van der Waals surface area contributed by atoms with Crippen molar-refractivity contribution in [1.82, 2.24) is 14.9 Å². The van der Waals surface area contributed by atoms with E-state index in [9.17, 15) is 4.79 Å². The molecule has 6 heteroatoms. The van der Waals surface area contributed by atoms with Crippen molar-refractivity contribution in [3.63, 3.8) is 0 Å². The molecule has 0 aliphatic carbocycles. The fourth-order valence-corrected chi connectivity index (χ4v) is 2.30. The van der Waals surface area contributed by atoms with Crippen molar-refractivity contribution in [1.29, 1.82) is 0 Å². The van der Waals surface area contributed by atoms with Gasteiger partial charge in [0.1, 0.15) is 10.3 Å². The Morgan fingerprint density at radius 3 is 3.00 bits per heavy atom. The Labute approximate surface area is 103 Å². The van der Waals surface area contributed by atoms with E-state index in [-0.39, 0.29) is 5.56 Å². The Kier molecular flexibility index (Phi) is 3.30. The molecule has 16 heavy (non-hydrogen) atoms. The molecule has 0 spiro atoms. The van der Waals surface area contributed by atoms with Crippen LogP contribution in [0.5, 0.6) is 0 Å². The zero-order chi connectivity index (χ0) is 11.7. The SMILES string of the molecule is CC1CN(c2nc[nH]c(=O)c2Br)CCN1C. The third-order valence-electron chi connectivity index (χ3n) is 3.04. The summed E-state index contributed by atoms with van der Waals surface area (Å²) < 4.78 is 0.520. The van der Waals surface area contributed by atoms with E-state index in [2.05, 4.69) is 49.7 Å². The summed E-state index contributed by atoms with van der Waals surface area (Å²) in [5, 5.41) is 0. The number of halogens is 1. The minimum Gasteiger partial charge on any atom is -0.353 e. The zero-order valence-electron chi connectivity index (χ0n) is 9.40. The summed E-state index contributed by atoms with van der Waals surface area (Å²) in [7, 11) is 2.11. The third kappa shape index (κ3) is 2.12. The number of anilines is 1. The van der Waals surface area contributed by atoms with Gasteiger partial charge in [-0.3, -0.25) is 4.79 Å². The summed E-state index contributed by atoms with van der Waals surface area (Å²) in [5.74, 6) is 0.740. The number of likely N-dealkylation sites (N-methyl/N-ethyl adjacent to an activating group) is 1. The van der Waals surface area contributed by atoms with Gasteiger partial charge < -0.3 is 14.8 Å². The van der Waals surface area contributed by atoms with Gasteiger partial charge in [-0.25, -0.2) is 4.98 Å². The largest absolute Gasteiger partial charge is 0.353 e. The van der Waals surface area contributed by atoms with Crippen molar-refractivity contribution >= 4 is 21.7 Å². The molecule has 0 amide bonds. The Bertz CT molecular complexity index is 433. The van der Waals surface area contributed by atoms with Crippen LogP contribution in [0.4, 0.5) is 5.82 Å². The van der Waals surface area contributed by atoms with E-state index in [0.29, 0.717) is 10.5 Å². The van der Waals surface area contributed by atoms with Gasteiger partial charge in [-0.05, 0) is 29.9 Å². The van der Waals surface area contributed by atoms with Gasteiger partial charge >= 0.3 is 0 Å². The average molecular weight is 287 g/mol. The van der Waals surface area contributed by atoms with Crippen LogP contribution in [0.25, 0.3) is 0 Å². The van der Waals surface area contributed by atoms with Crippen molar-refractivity contribution < 1.29 is 0 Å². The Morgan fingerprint density at radius 1 is 1.56 bits per heavy atom. The normalized spacial score (nSPS) is 22.4. The molecule has 0 radical (unpaired) electrons. The molecule has 1 saturated heterocycles. The van der Waals surface area contributed by atoms with E-state index in [4.69, 9.17) is 0 Å². The lowest BCUT2D eigenvalue weighted by Gasteiger charge is -2.38. The minimum absolute atomic E-state index is 0.128. The molecular weight excluding hydrogens is 272 g/mol. The molecule has 5 nitrogen and oxygen atoms in total. The van der Waals surface area contributed by atoms with E-state index in [1.54, 1.807) is 0 Å². The van der Waals surface area contributed by atoms with Crippen molar-refractivity contribution in [3.05, 3.63) is 21.2 Å². The molecule has 1 aromatic heterocycles. The predicted octanol–water partition coefficient (Wildman–Crippen LogP) is 0.673. The highest BCUT2D eigenvalue weighted by molar-refractivity contribution is 9.10. The Hall–Kier alpha value is -0.880. The molecule has 2 heterocycles. The number of piperazine rings is 1. The van der Waals surface area contributed by atoms with Crippen LogP contribution in [-0.2, 0) is 0 Å².